The number of hydrogen-bond donors (Lipinski definition) is 6. The van der Waals surface area contributed by atoms with Crippen LogP contribution in [0.5, 0.6) is 5.75 Å². The molecule has 3 aromatic carbocycles. The minimum Gasteiger partial charge on any atom is -0.491 e. The lowest BCUT2D eigenvalue weighted by molar-refractivity contribution is 0.0276. The second-order valence-corrected chi connectivity index (χ2v) is 15.8. The second kappa shape index (κ2) is 24.6. The predicted octanol–water partition coefficient (Wildman–Crippen LogP) is 9.12. The summed E-state index contributed by atoms with van der Waals surface area (Å²) in [5.74, 6) is 1.98. The summed E-state index contributed by atoms with van der Waals surface area (Å²) in [7, 11) is 0. The Kier molecular flexibility index (Phi) is 17.9. The van der Waals surface area contributed by atoms with Gasteiger partial charge in [0.05, 0.1) is 61.6 Å². The van der Waals surface area contributed by atoms with Crippen LogP contribution in [-0.4, -0.2) is 85.6 Å². The number of benzene rings is 3. The number of hydrogen-bond acceptors (Lipinski definition) is 14. The fraction of sp³-hybridized carbons (Fsp3) is 0.333. The number of ether oxygens (including phenoxy) is 4. The van der Waals surface area contributed by atoms with Gasteiger partial charge >= 0.3 is 0 Å². The molecule has 6 N–H and O–H groups in total. The third kappa shape index (κ3) is 14.3. The molecule has 6 heterocycles. The van der Waals surface area contributed by atoms with E-state index in [2.05, 4.69) is 95.2 Å². The first kappa shape index (κ1) is 46.6. The van der Waals surface area contributed by atoms with E-state index < -0.39 is 0 Å². The molecule has 3 atom stereocenters. The van der Waals surface area contributed by atoms with E-state index in [9.17, 15) is 0 Å². The molecule has 0 amide bonds. The Morgan fingerprint density at radius 2 is 1.06 bits per heavy atom. The number of halogens is 2. The number of nitrogens with one attached hydrogen (secondary N) is 6. The van der Waals surface area contributed by atoms with E-state index in [0.717, 1.165) is 99.6 Å². The number of aryl methyl sites for hydroxylation is 1. The fourth-order valence-electron chi connectivity index (χ4n) is 6.93. The topological polar surface area (TPSA) is 161 Å². The summed E-state index contributed by atoms with van der Waals surface area (Å²) in [4.78, 5) is 16.9. The smallest absolute Gasteiger partial charge is 0.227 e. The van der Waals surface area contributed by atoms with Gasteiger partial charge in [-0.25, -0.2) is 19.9 Å². The molecule has 3 fully saturated rings. The molecule has 0 aliphatic carbocycles. The Balaban J connectivity index is 0.000000144. The lowest BCUT2D eigenvalue weighted by Gasteiger charge is -2.24. The quantitative estimate of drug-likeness (QED) is 0.0646. The number of rotatable bonds is 12. The lowest BCUT2D eigenvalue weighted by Crippen LogP contribution is -2.33. The van der Waals surface area contributed by atoms with Crippen molar-refractivity contribution in [3.63, 3.8) is 0 Å². The van der Waals surface area contributed by atoms with Gasteiger partial charge in [-0.3, -0.25) is 0 Å². The Labute approximate surface area is 385 Å². The highest BCUT2D eigenvalue weighted by molar-refractivity contribution is 6.31. The van der Waals surface area contributed by atoms with E-state index in [1.807, 2.05) is 73.9 Å². The molecule has 14 nitrogen and oxygen atoms in total. The van der Waals surface area contributed by atoms with Gasteiger partial charge in [0.25, 0.3) is 0 Å². The minimum atomic E-state index is 0.125. The number of anilines is 6. The summed E-state index contributed by atoms with van der Waals surface area (Å²) in [6.07, 6.45) is 8.38. The monoisotopic (exact) mass is 906 g/mol. The van der Waals surface area contributed by atoms with Gasteiger partial charge in [0.15, 0.2) is 10.9 Å². The molecular formula is C48H56Cl2N10O4. The maximum absolute atomic E-state index is 6.00. The van der Waals surface area contributed by atoms with E-state index in [1.165, 1.54) is 16.7 Å². The van der Waals surface area contributed by atoms with Crippen molar-refractivity contribution < 1.29 is 18.9 Å². The predicted molar refractivity (Wildman–Crippen MR) is 255 cm³/mol. The van der Waals surface area contributed by atoms with Gasteiger partial charge in [-0.2, -0.15) is 0 Å². The number of morpholine rings is 3. The van der Waals surface area contributed by atoms with Gasteiger partial charge in [0.2, 0.25) is 5.95 Å². The third-order valence-electron chi connectivity index (χ3n) is 10.4. The Morgan fingerprint density at radius 3 is 1.50 bits per heavy atom. The van der Waals surface area contributed by atoms with Crippen molar-refractivity contribution in [3.8, 4) is 5.75 Å². The van der Waals surface area contributed by atoms with Crippen LogP contribution in [0.4, 0.5) is 34.5 Å². The summed E-state index contributed by atoms with van der Waals surface area (Å²) in [6, 6.07) is 30.2. The van der Waals surface area contributed by atoms with E-state index in [1.54, 1.807) is 12.4 Å². The molecule has 0 bridgehead atoms. The van der Waals surface area contributed by atoms with E-state index in [4.69, 9.17) is 42.1 Å². The fourth-order valence-corrected chi connectivity index (χ4v) is 7.20. The average Bonchev–Trinajstić information content (AvgIpc) is 3.36. The van der Waals surface area contributed by atoms with Crippen molar-refractivity contribution in [2.45, 2.75) is 38.6 Å². The molecule has 0 saturated carbocycles. The van der Waals surface area contributed by atoms with Crippen molar-refractivity contribution in [3.05, 3.63) is 148 Å². The van der Waals surface area contributed by atoms with Crippen molar-refractivity contribution >= 4 is 57.7 Å². The van der Waals surface area contributed by atoms with Crippen molar-refractivity contribution in [2.75, 3.05) is 81.6 Å². The highest BCUT2D eigenvalue weighted by Crippen LogP contribution is 2.29. The van der Waals surface area contributed by atoms with Crippen LogP contribution in [0.25, 0.3) is 0 Å². The number of pyridine rings is 2. The molecule has 9 rings (SSSR count). The van der Waals surface area contributed by atoms with Crippen LogP contribution < -0.4 is 36.6 Å². The molecule has 6 aromatic rings. The van der Waals surface area contributed by atoms with Crippen molar-refractivity contribution in [1.29, 1.82) is 0 Å². The molecule has 16 heteroatoms. The molecule has 3 aliphatic rings. The zero-order valence-corrected chi connectivity index (χ0v) is 37.7. The molecular weight excluding hydrogens is 851 g/mol. The summed E-state index contributed by atoms with van der Waals surface area (Å²) < 4.78 is 22.7. The number of nitrogens with zero attached hydrogens (tertiary/aromatic N) is 4. The van der Waals surface area contributed by atoms with Crippen molar-refractivity contribution in [2.24, 2.45) is 0 Å². The van der Waals surface area contributed by atoms with Crippen LogP contribution in [0, 0.1) is 0 Å². The molecule has 0 spiro atoms. The minimum absolute atomic E-state index is 0.125. The van der Waals surface area contributed by atoms with Crippen LogP contribution in [0.15, 0.2) is 116 Å². The lowest BCUT2D eigenvalue weighted by atomic mass is 10.1. The molecule has 3 aliphatic heterocycles. The first-order chi connectivity index (χ1) is 31.4. The van der Waals surface area contributed by atoms with Gasteiger partial charge < -0.3 is 50.8 Å². The van der Waals surface area contributed by atoms with Gasteiger partial charge in [0.1, 0.15) is 5.82 Å². The highest BCUT2D eigenvalue weighted by Gasteiger charge is 2.17. The van der Waals surface area contributed by atoms with Gasteiger partial charge in [-0.05, 0) is 84.1 Å². The van der Waals surface area contributed by atoms with Gasteiger partial charge in [-0.15, -0.1) is 0 Å². The standard InChI is InChI=1S/C17H20ClN3O2.C16H20N4O.C15H16ClN3O/c1-2-22-15-9-14(10-20-17(15)18)21-13-5-3-12(4-6-13)16-11-19-7-8-23-16;1-2-12-9-18-16(19-10-12)20-14-5-3-13(4-6-14)15-11-17-7-8-21-15;16-12-3-6-15(18-9-12)19-13-4-1-11(2-5-13)14-10-17-7-8-20-14/h3-6,9-10,16,19,21H,2,7-8,11H2,1H3;3-6,9-10,15,17H,2,7-8,11H2,1H3,(H,18,19,20);1-6,9,14,17H,7-8,10H2,(H,18,19)/t16-;15-;14-/m100/s1. The number of aromatic nitrogens is 4. The Bertz CT molecular complexity index is 2270. The molecule has 64 heavy (non-hydrogen) atoms. The summed E-state index contributed by atoms with van der Waals surface area (Å²) in [6.45, 7) is 12.2. The maximum Gasteiger partial charge on any atom is 0.227 e. The maximum atomic E-state index is 6.00. The first-order valence-corrected chi connectivity index (χ1v) is 22.5. The Morgan fingerprint density at radius 1 is 0.562 bits per heavy atom. The molecule has 3 saturated heterocycles. The average molecular weight is 908 g/mol. The third-order valence-corrected chi connectivity index (χ3v) is 10.9. The largest absolute Gasteiger partial charge is 0.491 e. The summed E-state index contributed by atoms with van der Waals surface area (Å²) >= 11 is 11.8. The zero-order valence-electron chi connectivity index (χ0n) is 36.2. The second-order valence-electron chi connectivity index (χ2n) is 15.0. The molecule has 0 radical (unpaired) electrons. The van der Waals surface area contributed by atoms with Gasteiger partial charge in [0, 0.05) is 81.0 Å². The summed E-state index contributed by atoms with van der Waals surface area (Å²) in [5, 5.41) is 20.8. The summed E-state index contributed by atoms with van der Waals surface area (Å²) in [5.41, 5.74) is 8.47. The van der Waals surface area contributed by atoms with Crippen LogP contribution in [0.3, 0.4) is 0 Å². The van der Waals surface area contributed by atoms with Gasteiger partial charge in [-0.1, -0.05) is 66.5 Å². The highest BCUT2D eigenvalue weighted by atomic mass is 35.5. The Hall–Kier alpha value is -5.42. The molecule has 336 valence electrons. The zero-order chi connectivity index (χ0) is 44.4. The molecule has 3 aromatic heterocycles. The molecule has 0 unspecified atom stereocenters. The van der Waals surface area contributed by atoms with E-state index in [0.29, 0.717) is 28.5 Å². The van der Waals surface area contributed by atoms with Crippen molar-refractivity contribution in [1.82, 2.24) is 35.9 Å². The van der Waals surface area contributed by atoms with E-state index >= 15 is 0 Å². The van der Waals surface area contributed by atoms with Crippen LogP contribution in [-0.2, 0) is 20.6 Å². The van der Waals surface area contributed by atoms with Crippen LogP contribution >= 0.6 is 23.2 Å². The van der Waals surface area contributed by atoms with Crippen LogP contribution in [0.1, 0.15) is 54.4 Å². The van der Waals surface area contributed by atoms with Crippen LogP contribution in [0.2, 0.25) is 10.2 Å². The normalized spacial score (nSPS) is 18.3. The first-order valence-electron chi connectivity index (χ1n) is 21.7. The SMILES string of the molecule is CCOc1cc(Nc2ccc([C@H]3CNCCO3)cc2)cnc1Cl.CCc1cnc(Nc2ccc([C@@H]3CNCCO3)cc2)nc1.Clc1ccc(Nc2ccc([C@@H]3CNCCO3)cc2)nc1. The van der Waals surface area contributed by atoms with E-state index in [-0.39, 0.29) is 18.3 Å².